The van der Waals surface area contributed by atoms with Gasteiger partial charge in [-0.3, -0.25) is 14.7 Å². The Kier molecular flexibility index (Phi) is 1.99. The van der Waals surface area contributed by atoms with Crippen LogP contribution in [-0.4, -0.2) is 26.0 Å². The highest BCUT2D eigenvalue weighted by Crippen LogP contribution is 2.32. The van der Waals surface area contributed by atoms with Crippen LogP contribution < -0.4 is 4.90 Å². The van der Waals surface area contributed by atoms with Crippen LogP contribution in [0.3, 0.4) is 0 Å². The largest absolute Gasteiger partial charge is 0.367 e. The molecule has 0 aromatic carbocycles. The van der Waals surface area contributed by atoms with Gasteiger partial charge in [0.1, 0.15) is 11.5 Å². The minimum Gasteiger partial charge on any atom is -0.367 e. The Morgan fingerprint density at radius 3 is 2.83 bits per heavy atom. The number of pyridine rings is 1. The SMILES string of the molecule is [2H]c1nc2c(nc1[2H])C(O)N(c1ccc(Cl)cn1)C2=O. The summed E-state index contributed by atoms with van der Waals surface area (Å²) in [7, 11) is 0. The lowest BCUT2D eigenvalue weighted by molar-refractivity contribution is 0.0929. The Bertz CT molecular complexity index is 710. The molecular formula is C11H7ClN4O2. The van der Waals surface area contributed by atoms with Gasteiger partial charge in [-0.2, -0.15) is 0 Å². The summed E-state index contributed by atoms with van der Waals surface area (Å²) in [4.78, 5) is 24.6. The topological polar surface area (TPSA) is 79.2 Å². The highest BCUT2D eigenvalue weighted by Gasteiger charge is 2.39. The molecule has 0 bridgehead atoms. The third-order valence-corrected chi connectivity index (χ3v) is 2.73. The van der Waals surface area contributed by atoms with E-state index in [1.54, 1.807) is 0 Å². The van der Waals surface area contributed by atoms with Gasteiger partial charge in [0.2, 0.25) is 0 Å². The lowest BCUT2D eigenvalue weighted by Crippen LogP contribution is -2.28. The lowest BCUT2D eigenvalue weighted by Gasteiger charge is -2.18. The van der Waals surface area contributed by atoms with E-state index in [-0.39, 0.29) is 17.2 Å². The van der Waals surface area contributed by atoms with Gasteiger partial charge in [0.25, 0.3) is 5.91 Å². The molecule has 6 nitrogen and oxygen atoms in total. The molecule has 90 valence electrons. The molecule has 0 radical (unpaired) electrons. The monoisotopic (exact) mass is 264 g/mol. The lowest BCUT2D eigenvalue weighted by atomic mass is 10.3. The van der Waals surface area contributed by atoms with E-state index < -0.39 is 24.5 Å². The van der Waals surface area contributed by atoms with Gasteiger partial charge >= 0.3 is 0 Å². The summed E-state index contributed by atoms with van der Waals surface area (Å²) in [5.74, 6) is -0.437. The summed E-state index contributed by atoms with van der Waals surface area (Å²) < 4.78 is 14.8. The summed E-state index contributed by atoms with van der Waals surface area (Å²) in [5, 5.41) is 10.5. The smallest absolute Gasteiger partial charge is 0.282 e. The molecule has 1 unspecified atom stereocenters. The number of hydrogen-bond donors (Lipinski definition) is 1. The van der Waals surface area contributed by atoms with E-state index in [1.807, 2.05) is 0 Å². The molecule has 0 fully saturated rings. The molecular weight excluding hydrogens is 256 g/mol. The number of anilines is 1. The van der Waals surface area contributed by atoms with Gasteiger partial charge in [0, 0.05) is 18.5 Å². The average Bonchev–Trinajstić information content (AvgIpc) is 2.65. The number of aromatic nitrogens is 3. The first-order chi connectivity index (χ1) is 9.49. The number of carbonyl (C=O) groups is 1. The maximum atomic E-state index is 12.2. The molecule has 2 aromatic heterocycles. The van der Waals surface area contributed by atoms with Gasteiger partial charge in [-0.25, -0.2) is 9.97 Å². The van der Waals surface area contributed by atoms with Crippen molar-refractivity contribution < 1.29 is 12.6 Å². The van der Waals surface area contributed by atoms with Crippen molar-refractivity contribution in [2.45, 2.75) is 6.23 Å². The zero-order chi connectivity index (χ0) is 14.4. The maximum Gasteiger partial charge on any atom is 0.282 e. The van der Waals surface area contributed by atoms with E-state index in [0.717, 1.165) is 4.90 Å². The van der Waals surface area contributed by atoms with Crippen molar-refractivity contribution in [1.82, 2.24) is 15.0 Å². The summed E-state index contributed by atoms with van der Waals surface area (Å²) in [6.45, 7) is 0. The normalized spacial score (nSPS) is 19.6. The average molecular weight is 265 g/mol. The van der Waals surface area contributed by atoms with Crippen molar-refractivity contribution in [2.75, 3.05) is 4.90 Å². The summed E-state index contributed by atoms with van der Waals surface area (Å²) in [6.07, 6.45) is -0.868. The van der Waals surface area contributed by atoms with E-state index in [1.165, 1.54) is 18.3 Å². The van der Waals surface area contributed by atoms with Crippen LogP contribution in [0.1, 0.15) is 25.2 Å². The number of fused-ring (bicyclic) bond motifs is 1. The Labute approximate surface area is 110 Å². The third-order valence-electron chi connectivity index (χ3n) is 2.51. The van der Waals surface area contributed by atoms with E-state index in [2.05, 4.69) is 15.0 Å². The minimum absolute atomic E-state index is 0.0484. The third kappa shape index (κ3) is 1.54. The molecule has 0 saturated heterocycles. The number of carbonyl (C=O) groups excluding carboxylic acids is 1. The Hall–Kier alpha value is -2.05. The van der Waals surface area contributed by atoms with Crippen LogP contribution in [0.2, 0.25) is 5.02 Å². The zero-order valence-corrected chi connectivity index (χ0v) is 9.59. The first-order valence-electron chi connectivity index (χ1n) is 5.97. The number of nitrogens with zero attached hydrogens (tertiary/aromatic N) is 4. The summed E-state index contributed by atoms with van der Waals surface area (Å²) in [6, 6.07) is 3.00. The number of halogens is 1. The molecule has 1 N–H and O–H groups in total. The molecule has 0 saturated carbocycles. The fourth-order valence-corrected chi connectivity index (χ4v) is 1.81. The van der Waals surface area contributed by atoms with Gasteiger partial charge in [-0.05, 0) is 12.1 Å². The number of rotatable bonds is 1. The molecule has 2 aromatic rings. The van der Waals surface area contributed by atoms with Crippen LogP contribution in [0.5, 0.6) is 0 Å². The molecule has 0 aliphatic carbocycles. The van der Waals surface area contributed by atoms with Crippen molar-refractivity contribution in [3.63, 3.8) is 0 Å². The molecule has 1 aliphatic rings. The first kappa shape index (κ1) is 8.96. The molecule has 1 amide bonds. The van der Waals surface area contributed by atoms with Crippen LogP contribution in [-0.2, 0) is 0 Å². The predicted molar refractivity (Wildman–Crippen MR) is 63.0 cm³/mol. The van der Waals surface area contributed by atoms with E-state index in [4.69, 9.17) is 14.3 Å². The zero-order valence-electron chi connectivity index (χ0n) is 10.8. The van der Waals surface area contributed by atoms with Crippen molar-refractivity contribution in [3.05, 3.63) is 47.1 Å². The fourth-order valence-electron chi connectivity index (χ4n) is 1.70. The molecule has 3 heterocycles. The van der Waals surface area contributed by atoms with Gasteiger partial charge in [-0.15, -0.1) is 0 Å². The van der Waals surface area contributed by atoms with E-state index >= 15 is 0 Å². The Balaban J connectivity index is 2.09. The van der Waals surface area contributed by atoms with E-state index in [9.17, 15) is 9.90 Å². The molecule has 0 spiro atoms. The van der Waals surface area contributed by atoms with Gasteiger partial charge in [0.05, 0.1) is 7.76 Å². The number of amides is 1. The molecule has 18 heavy (non-hydrogen) atoms. The van der Waals surface area contributed by atoms with Gasteiger partial charge < -0.3 is 5.11 Å². The molecule has 3 rings (SSSR count). The second-order valence-corrected chi connectivity index (χ2v) is 4.00. The molecule has 1 atom stereocenters. The van der Waals surface area contributed by atoms with Crippen LogP contribution in [0.15, 0.2) is 30.7 Å². The second kappa shape index (κ2) is 4.01. The minimum atomic E-state index is -1.39. The fraction of sp³-hybridized carbons (Fsp3) is 0.0909. The second-order valence-electron chi connectivity index (χ2n) is 3.56. The van der Waals surface area contributed by atoms with Crippen molar-refractivity contribution in [3.8, 4) is 0 Å². The summed E-state index contributed by atoms with van der Waals surface area (Å²) in [5.41, 5.74) is -0.192. The van der Waals surface area contributed by atoms with Crippen molar-refractivity contribution in [2.24, 2.45) is 0 Å². The Morgan fingerprint density at radius 2 is 2.11 bits per heavy atom. The molecule has 1 aliphatic heterocycles. The maximum absolute atomic E-state index is 12.2. The first-order valence-corrected chi connectivity index (χ1v) is 5.35. The number of hydrogen-bond acceptors (Lipinski definition) is 5. The number of aliphatic hydroxyl groups excluding tert-OH is 1. The Morgan fingerprint density at radius 1 is 1.33 bits per heavy atom. The highest BCUT2D eigenvalue weighted by atomic mass is 35.5. The van der Waals surface area contributed by atoms with Gasteiger partial charge in [-0.1, -0.05) is 11.6 Å². The van der Waals surface area contributed by atoms with E-state index in [0.29, 0.717) is 5.02 Å². The van der Waals surface area contributed by atoms with Gasteiger partial charge in [0.15, 0.2) is 11.9 Å². The molecule has 7 heteroatoms. The highest BCUT2D eigenvalue weighted by molar-refractivity contribution is 6.30. The standard InChI is InChI=1S/C11H7ClN4O2/c12-6-1-2-7(15-5-6)16-10(17)8-9(11(16)18)14-4-3-13-8/h1-5,10,17H/i3D,4D. The predicted octanol–water partition coefficient (Wildman–Crippen LogP) is 1.18. The number of aliphatic hydroxyl groups is 1. The van der Waals surface area contributed by atoms with Crippen molar-refractivity contribution >= 4 is 23.3 Å². The van der Waals surface area contributed by atoms with Crippen LogP contribution in [0, 0.1) is 0 Å². The van der Waals surface area contributed by atoms with Crippen LogP contribution in [0.25, 0.3) is 0 Å². The summed E-state index contributed by atoms with van der Waals surface area (Å²) >= 11 is 5.72. The van der Waals surface area contributed by atoms with Crippen LogP contribution in [0.4, 0.5) is 5.82 Å². The van der Waals surface area contributed by atoms with Crippen LogP contribution >= 0.6 is 11.6 Å². The quantitative estimate of drug-likeness (QED) is 0.837. The van der Waals surface area contributed by atoms with Crippen molar-refractivity contribution in [1.29, 1.82) is 0 Å².